The van der Waals surface area contributed by atoms with Gasteiger partial charge in [-0.25, -0.2) is 13.9 Å². The molecule has 1 aromatic heterocycles. The van der Waals surface area contributed by atoms with E-state index in [0.717, 1.165) is 0 Å². The molecule has 0 bridgehead atoms. The number of halogens is 2. The van der Waals surface area contributed by atoms with Crippen LogP contribution in [0.1, 0.15) is 29.9 Å². The van der Waals surface area contributed by atoms with Gasteiger partial charge in [0.1, 0.15) is 17.7 Å². The molecule has 2 amide bonds. The number of ether oxygens (including phenoxy) is 1. The van der Waals surface area contributed by atoms with E-state index < -0.39 is 36.2 Å². The van der Waals surface area contributed by atoms with Crippen LogP contribution < -0.4 is 10.6 Å². The summed E-state index contributed by atoms with van der Waals surface area (Å²) in [7, 11) is 0. The number of nitrogens with zero attached hydrogens (tertiary/aromatic N) is 2. The third-order valence-electron chi connectivity index (χ3n) is 4.84. The third kappa shape index (κ3) is 6.20. The molecule has 178 valence electrons. The molecule has 0 aliphatic carbocycles. The van der Waals surface area contributed by atoms with Gasteiger partial charge in [-0.05, 0) is 49.2 Å². The number of rotatable bonds is 8. The molecule has 0 aliphatic heterocycles. The second kappa shape index (κ2) is 10.9. The highest BCUT2D eigenvalue weighted by molar-refractivity contribution is 6.33. The summed E-state index contributed by atoms with van der Waals surface area (Å²) in [5.74, 6) is -2.25. The fraction of sp³-hybridized carbons (Fsp3) is 0.250. The number of anilines is 1. The summed E-state index contributed by atoms with van der Waals surface area (Å²) < 4.78 is 19.8. The maximum atomic E-state index is 13.2. The average Bonchev–Trinajstić information content (AvgIpc) is 3.16. The van der Waals surface area contributed by atoms with Gasteiger partial charge in [0.15, 0.2) is 6.61 Å². The van der Waals surface area contributed by atoms with Gasteiger partial charge < -0.3 is 15.4 Å². The largest absolute Gasteiger partial charge is 0.454 e. The molecule has 0 saturated heterocycles. The summed E-state index contributed by atoms with van der Waals surface area (Å²) in [6, 6.07) is 12.7. The van der Waals surface area contributed by atoms with Crippen LogP contribution in [0, 0.1) is 18.7 Å². The minimum atomic E-state index is -0.983. The third-order valence-corrected chi connectivity index (χ3v) is 5.17. The van der Waals surface area contributed by atoms with Crippen LogP contribution in [-0.4, -0.2) is 40.2 Å². The summed E-state index contributed by atoms with van der Waals surface area (Å²) in [5, 5.41) is 9.78. The lowest BCUT2D eigenvalue weighted by Crippen LogP contribution is -2.46. The highest BCUT2D eigenvalue weighted by atomic mass is 35.5. The van der Waals surface area contributed by atoms with Gasteiger partial charge in [0.25, 0.3) is 11.8 Å². The van der Waals surface area contributed by atoms with E-state index in [1.54, 1.807) is 51.1 Å². The molecule has 10 heteroatoms. The van der Waals surface area contributed by atoms with Crippen molar-refractivity contribution in [2.75, 3.05) is 11.9 Å². The lowest BCUT2D eigenvalue weighted by Gasteiger charge is -2.21. The molecule has 1 atom stereocenters. The summed E-state index contributed by atoms with van der Waals surface area (Å²) in [4.78, 5) is 37.6. The Morgan fingerprint density at radius 2 is 1.79 bits per heavy atom. The van der Waals surface area contributed by atoms with Crippen molar-refractivity contribution in [2.45, 2.75) is 26.8 Å². The molecule has 2 aromatic carbocycles. The summed E-state index contributed by atoms with van der Waals surface area (Å²) in [6.45, 7) is 4.65. The number of carbonyl (C=O) groups is 3. The lowest BCUT2D eigenvalue weighted by atomic mass is 10.0. The Labute approximate surface area is 201 Å². The standard InChI is InChI=1S/C24H24ClFN4O4/c1-14(2)22(28-23(32)18-6-4-5-7-19(18)25)24(33)34-13-21(31)27-20-12-15(3)29-30(20)17-10-8-16(26)9-11-17/h4-12,14,22H,13H2,1-3H3,(H,27,31)(H,28,32)/t22-/m0/s1. The zero-order chi connectivity index (χ0) is 24.8. The van der Waals surface area contributed by atoms with E-state index in [1.165, 1.54) is 28.9 Å². The summed E-state index contributed by atoms with van der Waals surface area (Å²) in [6.07, 6.45) is 0. The van der Waals surface area contributed by atoms with Crippen LogP contribution in [-0.2, 0) is 14.3 Å². The zero-order valence-corrected chi connectivity index (χ0v) is 19.6. The van der Waals surface area contributed by atoms with E-state index in [-0.39, 0.29) is 16.5 Å². The van der Waals surface area contributed by atoms with Crippen molar-refractivity contribution in [3.8, 4) is 5.69 Å². The van der Waals surface area contributed by atoms with Crippen molar-refractivity contribution in [2.24, 2.45) is 5.92 Å². The van der Waals surface area contributed by atoms with E-state index in [9.17, 15) is 18.8 Å². The predicted octanol–water partition coefficient (Wildman–Crippen LogP) is 3.91. The monoisotopic (exact) mass is 486 g/mol. The number of amides is 2. The van der Waals surface area contributed by atoms with E-state index in [2.05, 4.69) is 15.7 Å². The van der Waals surface area contributed by atoms with Crippen LogP contribution in [0.15, 0.2) is 54.6 Å². The van der Waals surface area contributed by atoms with Crippen molar-refractivity contribution in [1.82, 2.24) is 15.1 Å². The molecule has 8 nitrogen and oxygen atoms in total. The molecule has 0 aliphatic rings. The SMILES string of the molecule is Cc1cc(NC(=O)COC(=O)[C@@H](NC(=O)c2ccccc2Cl)C(C)C)n(-c2ccc(F)cc2)n1. The first-order valence-electron chi connectivity index (χ1n) is 10.5. The Morgan fingerprint density at radius 3 is 2.44 bits per heavy atom. The number of aromatic nitrogens is 2. The minimum absolute atomic E-state index is 0.227. The fourth-order valence-corrected chi connectivity index (χ4v) is 3.36. The molecule has 3 rings (SSSR count). The van der Waals surface area contributed by atoms with E-state index in [0.29, 0.717) is 17.2 Å². The van der Waals surface area contributed by atoms with Gasteiger partial charge in [0.05, 0.1) is 22.0 Å². The van der Waals surface area contributed by atoms with Crippen molar-refractivity contribution < 1.29 is 23.5 Å². The minimum Gasteiger partial charge on any atom is -0.454 e. The number of benzene rings is 2. The Kier molecular flexibility index (Phi) is 8.01. The molecule has 3 aromatic rings. The molecule has 34 heavy (non-hydrogen) atoms. The van der Waals surface area contributed by atoms with Crippen LogP contribution in [0.25, 0.3) is 5.69 Å². The molecule has 0 spiro atoms. The van der Waals surface area contributed by atoms with Crippen LogP contribution in [0.4, 0.5) is 10.2 Å². The maximum Gasteiger partial charge on any atom is 0.329 e. The van der Waals surface area contributed by atoms with Gasteiger partial charge in [-0.2, -0.15) is 5.10 Å². The number of esters is 1. The first kappa shape index (κ1) is 24.9. The number of nitrogens with one attached hydrogen (secondary N) is 2. The highest BCUT2D eigenvalue weighted by Crippen LogP contribution is 2.18. The fourth-order valence-electron chi connectivity index (χ4n) is 3.14. The van der Waals surface area contributed by atoms with Gasteiger partial charge in [-0.15, -0.1) is 0 Å². The van der Waals surface area contributed by atoms with E-state index >= 15 is 0 Å². The number of hydrogen-bond acceptors (Lipinski definition) is 5. The maximum absolute atomic E-state index is 13.2. The number of hydrogen-bond donors (Lipinski definition) is 2. The number of aryl methyl sites for hydroxylation is 1. The van der Waals surface area contributed by atoms with Crippen LogP contribution in [0.5, 0.6) is 0 Å². The summed E-state index contributed by atoms with van der Waals surface area (Å²) in [5.41, 5.74) is 1.40. The summed E-state index contributed by atoms with van der Waals surface area (Å²) >= 11 is 6.05. The molecular formula is C24H24ClFN4O4. The molecule has 1 heterocycles. The highest BCUT2D eigenvalue weighted by Gasteiger charge is 2.27. The van der Waals surface area contributed by atoms with Gasteiger partial charge in [-0.3, -0.25) is 9.59 Å². The van der Waals surface area contributed by atoms with Crippen LogP contribution in [0.3, 0.4) is 0 Å². The normalized spacial score (nSPS) is 11.7. The Bertz CT molecular complexity index is 1190. The van der Waals surface area contributed by atoms with E-state index in [1.807, 2.05) is 0 Å². The topological polar surface area (TPSA) is 102 Å². The van der Waals surface area contributed by atoms with Crippen molar-refractivity contribution in [1.29, 1.82) is 0 Å². The second-order valence-corrected chi connectivity index (χ2v) is 8.30. The van der Waals surface area contributed by atoms with Crippen molar-refractivity contribution in [3.63, 3.8) is 0 Å². The quantitative estimate of drug-likeness (QED) is 0.470. The molecular weight excluding hydrogens is 463 g/mol. The molecule has 0 radical (unpaired) electrons. The van der Waals surface area contributed by atoms with Crippen LogP contribution >= 0.6 is 11.6 Å². The number of carbonyl (C=O) groups excluding carboxylic acids is 3. The molecule has 0 unspecified atom stereocenters. The van der Waals surface area contributed by atoms with Gasteiger partial charge >= 0.3 is 5.97 Å². The Hall–Kier alpha value is -3.72. The van der Waals surface area contributed by atoms with E-state index in [4.69, 9.17) is 16.3 Å². The molecule has 2 N–H and O–H groups in total. The smallest absolute Gasteiger partial charge is 0.329 e. The average molecular weight is 487 g/mol. The first-order chi connectivity index (χ1) is 16.2. The second-order valence-electron chi connectivity index (χ2n) is 7.89. The zero-order valence-electron chi connectivity index (χ0n) is 18.8. The Balaban J connectivity index is 1.62. The van der Waals surface area contributed by atoms with Gasteiger partial charge in [0.2, 0.25) is 0 Å². The predicted molar refractivity (Wildman–Crippen MR) is 125 cm³/mol. The lowest BCUT2D eigenvalue weighted by molar-refractivity contribution is -0.150. The van der Waals surface area contributed by atoms with Crippen molar-refractivity contribution >= 4 is 35.2 Å². The first-order valence-corrected chi connectivity index (χ1v) is 10.9. The molecule has 0 fully saturated rings. The van der Waals surface area contributed by atoms with Gasteiger partial charge in [0, 0.05) is 6.07 Å². The Morgan fingerprint density at radius 1 is 1.12 bits per heavy atom. The molecule has 0 saturated carbocycles. The van der Waals surface area contributed by atoms with Crippen LogP contribution in [0.2, 0.25) is 5.02 Å². The van der Waals surface area contributed by atoms with Gasteiger partial charge in [-0.1, -0.05) is 37.6 Å². The van der Waals surface area contributed by atoms with Crippen molar-refractivity contribution in [3.05, 3.63) is 76.7 Å².